The van der Waals surface area contributed by atoms with Crippen molar-refractivity contribution in [1.29, 1.82) is 0 Å². The van der Waals surface area contributed by atoms with Crippen molar-refractivity contribution >= 4 is 46.9 Å². The molecule has 2 heterocycles. The predicted molar refractivity (Wildman–Crippen MR) is 115 cm³/mol. The molecule has 2 rings (SSSR count). The molecule has 3 atom stereocenters. The molecule has 15 nitrogen and oxygen atoms in total. The Labute approximate surface area is 197 Å². The number of carbonyl (C=O) groups is 5. The second kappa shape index (κ2) is 11.6. The van der Waals surface area contributed by atoms with Crippen LogP contribution in [0, 0.1) is 0 Å². The van der Waals surface area contributed by atoms with Crippen LogP contribution in [0.4, 0.5) is 5.95 Å². The van der Waals surface area contributed by atoms with Gasteiger partial charge in [-0.2, -0.15) is 4.98 Å². The molecule has 0 aliphatic heterocycles. The number of hydrogen-bond acceptors (Lipinski definition) is 13. The van der Waals surface area contributed by atoms with E-state index in [1.54, 1.807) is 0 Å². The number of rotatable bonds is 9. The molecule has 1 amide bonds. The third-order valence-corrected chi connectivity index (χ3v) is 4.05. The normalized spacial score (nSPS) is 13.2. The zero-order valence-electron chi connectivity index (χ0n) is 19.4. The number of aromatic nitrogens is 4. The molecule has 0 saturated heterocycles. The minimum Gasteiger partial charge on any atom is -0.462 e. The van der Waals surface area contributed by atoms with Gasteiger partial charge in [-0.25, -0.2) is 9.97 Å². The van der Waals surface area contributed by atoms with E-state index < -0.39 is 60.3 Å². The highest BCUT2D eigenvalue weighted by molar-refractivity contribution is 5.87. The van der Waals surface area contributed by atoms with Crippen molar-refractivity contribution in [3.05, 3.63) is 22.2 Å². The molecule has 188 valence electrons. The Morgan fingerprint density at radius 1 is 0.914 bits per heavy atom. The Kier molecular flexibility index (Phi) is 8.91. The minimum absolute atomic E-state index is 0.150. The van der Waals surface area contributed by atoms with Gasteiger partial charge in [-0.3, -0.25) is 39.1 Å². The van der Waals surface area contributed by atoms with Crippen LogP contribution in [-0.2, 0) is 42.9 Å². The van der Waals surface area contributed by atoms with Crippen molar-refractivity contribution in [1.82, 2.24) is 19.9 Å². The topological polar surface area (TPSA) is 206 Å². The first-order chi connectivity index (χ1) is 16.4. The monoisotopic (exact) mass is 493 g/mol. The Morgan fingerprint density at radius 3 is 2.09 bits per heavy atom. The summed E-state index contributed by atoms with van der Waals surface area (Å²) in [4.78, 5) is 84.9. The highest BCUT2D eigenvalue weighted by Crippen LogP contribution is 2.27. The van der Waals surface area contributed by atoms with Gasteiger partial charge < -0.3 is 18.9 Å². The molecule has 2 N–H and O–H groups in total. The predicted octanol–water partition coefficient (Wildman–Crippen LogP) is -0.298. The average molecular weight is 493 g/mol. The number of ether oxygens (including phenoxy) is 4. The lowest BCUT2D eigenvalue weighted by Gasteiger charge is -2.31. The molecule has 0 unspecified atom stereocenters. The van der Waals surface area contributed by atoms with E-state index >= 15 is 0 Å². The molecule has 0 aliphatic carbocycles. The maximum Gasteiger partial charge on any atom is 0.303 e. The fourth-order valence-electron chi connectivity index (χ4n) is 2.90. The number of fused-ring (bicyclic) bond motifs is 1. The van der Waals surface area contributed by atoms with E-state index in [9.17, 15) is 28.8 Å². The molecule has 0 saturated carbocycles. The molecule has 0 fully saturated rings. The van der Waals surface area contributed by atoms with Crippen LogP contribution >= 0.6 is 0 Å². The van der Waals surface area contributed by atoms with Gasteiger partial charge in [0, 0.05) is 34.6 Å². The number of carbonyl (C=O) groups excluding carboxylic acids is 5. The van der Waals surface area contributed by atoms with Crippen LogP contribution in [0.15, 0.2) is 11.0 Å². The fourth-order valence-corrected chi connectivity index (χ4v) is 2.90. The summed E-state index contributed by atoms with van der Waals surface area (Å²) in [6, 6.07) is 0. The first-order valence-corrected chi connectivity index (χ1v) is 10.1. The summed E-state index contributed by atoms with van der Waals surface area (Å²) >= 11 is 0. The number of aromatic amines is 1. The van der Waals surface area contributed by atoms with Gasteiger partial charge in [0.05, 0.1) is 6.20 Å². The summed E-state index contributed by atoms with van der Waals surface area (Å²) in [7, 11) is 0. The lowest BCUT2D eigenvalue weighted by atomic mass is 10.0. The highest BCUT2D eigenvalue weighted by Gasteiger charge is 2.40. The van der Waals surface area contributed by atoms with Gasteiger partial charge in [0.15, 0.2) is 29.5 Å². The maximum atomic E-state index is 12.5. The van der Waals surface area contributed by atoms with E-state index in [1.807, 2.05) is 0 Å². The Bertz CT molecular complexity index is 1210. The van der Waals surface area contributed by atoms with Crippen LogP contribution < -0.4 is 10.9 Å². The van der Waals surface area contributed by atoms with E-state index in [4.69, 9.17) is 18.9 Å². The number of H-pyrrole nitrogens is 1. The van der Waals surface area contributed by atoms with Gasteiger partial charge in [-0.1, -0.05) is 0 Å². The third kappa shape index (κ3) is 7.83. The number of amides is 1. The van der Waals surface area contributed by atoms with Crippen LogP contribution in [0.3, 0.4) is 0 Å². The Balaban J connectivity index is 2.62. The van der Waals surface area contributed by atoms with E-state index in [0.717, 1.165) is 33.9 Å². The summed E-state index contributed by atoms with van der Waals surface area (Å²) in [5.41, 5.74) is -1.39. The summed E-state index contributed by atoms with van der Waals surface area (Å²) in [6.07, 6.45) is -3.41. The molecular formula is C20H23N5O10. The van der Waals surface area contributed by atoms with Gasteiger partial charge in [0.25, 0.3) is 5.56 Å². The second-order valence-electron chi connectivity index (χ2n) is 7.12. The van der Waals surface area contributed by atoms with Crippen LogP contribution in [0.5, 0.6) is 0 Å². The molecule has 0 aliphatic rings. The van der Waals surface area contributed by atoms with E-state index in [0.29, 0.717) is 0 Å². The number of nitrogens with one attached hydrogen (secondary N) is 2. The largest absolute Gasteiger partial charge is 0.462 e. The summed E-state index contributed by atoms with van der Waals surface area (Å²) in [5, 5.41) is 2.31. The molecule has 0 bridgehead atoms. The quantitative estimate of drug-likeness (QED) is 0.340. The van der Waals surface area contributed by atoms with Crippen molar-refractivity contribution in [3.63, 3.8) is 0 Å². The SMILES string of the molecule is CC(=O)Nc1nc2ncc([C@@H](OC(C)=O)[C@@H](OC(C)=O)[C@@H](COC(C)=O)OC(C)=O)nc2c(=O)[nH]1. The van der Waals surface area contributed by atoms with Gasteiger partial charge in [0.1, 0.15) is 12.3 Å². The Hall–Kier alpha value is -4.43. The zero-order chi connectivity index (χ0) is 26.3. The van der Waals surface area contributed by atoms with Crippen LogP contribution in [-0.4, -0.2) is 68.5 Å². The first kappa shape index (κ1) is 26.8. The molecular weight excluding hydrogens is 470 g/mol. The smallest absolute Gasteiger partial charge is 0.303 e. The molecule has 0 aromatic carbocycles. The fraction of sp³-hybridized carbons (Fsp3) is 0.450. The van der Waals surface area contributed by atoms with Crippen LogP contribution in [0.1, 0.15) is 46.4 Å². The Morgan fingerprint density at radius 2 is 1.54 bits per heavy atom. The number of nitrogens with zero attached hydrogens (tertiary/aromatic N) is 3. The van der Waals surface area contributed by atoms with Gasteiger partial charge in [-0.05, 0) is 0 Å². The summed E-state index contributed by atoms with van der Waals surface area (Å²) < 4.78 is 20.6. The van der Waals surface area contributed by atoms with E-state index in [-0.39, 0.29) is 22.8 Å². The number of anilines is 1. The van der Waals surface area contributed by atoms with Crippen molar-refractivity contribution in [2.24, 2.45) is 0 Å². The lowest BCUT2D eigenvalue weighted by Crippen LogP contribution is -2.44. The maximum absolute atomic E-state index is 12.5. The van der Waals surface area contributed by atoms with Crippen LogP contribution in [0.25, 0.3) is 11.2 Å². The van der Waals surface area contributed by atoms with Crippen molar-refractivity contribution in [2.45, 2.75) is 52.9 Å². The van der Waals surface area contributed by atoms with E-state index in [1.165, 1.54) is 6.92 Å². The third-order valence-electron chi connectivity index (χ3n) is 4.05. The number of hydrogen-bond donors (Lipinski definition) is 2. The molecule has 2 aromatic heterocycles. The molecule has 15 heteroatoms. The minimum atomic E-state index is -1.54. The zero-order valence-corrected chi connectivity index (χ0v) is 19.4. The number of esters is 4. The van der Waals surface area contributed by atoms with Gasteiger partial charge in [0.2, 0.25) is 11.9 Å². The lowest BCUT2D eigenvalue weighted by molar-refractivity contribution is -0.190. The molecule has 0 radical (unpaired) electrons. The molecule has 0 spiro atoms. The standard InChI is InChI=1S/C20H23N5O10/c1-8(26)22-20-24-18-15(19(31)25-20)23-13(6-21-18)16(34-11(4)29)17(35-12(5)30)14(33-10(3)28)7-32-9(2)27/h6,14,16-17H,7H2,1-5H3,(H2,21,22,24,25,26,31)/t14-,16-,17+/m1/s1. The highest BCUT2D eigenvalue weighted by atomic mass is 16.6. The average Bonchev–Trinajstić information content (AvgIpc) is 2.72. The summed E-state index contributed by atoms with van der Waals surface area (Å²) in [5.74, 6) is -3.86. The summed E-state index contributed by atoms with van der Waals surface area (Å²) in [6.45, 7) is 4.96. The van der Waals surface area contributed by atoms with Gasteiger partial charge >= 0.3 is 23.9 Å². The van der Waals surface area contributed by atoms with Crippen LogP contribution in [0.2, 0.25) is 0 Å². The molecule has 2 aromatic rings. The second-order valence-corrected chi connectivity index (χ2v) is 7.12. The van der Waals surface area contributed by atoms with E-state index in [2.05, 4.69) is 25.3 Å². The van der Waals surface area contributed by atoms with Crippen molar-refractivity contribution < 1.29 is 42.9 Å². The van der Waals surface area contributed by atoms with Crippen molar-refractivity contribution in [3.8, 4) is 0 Å². The first-order valence-electron chi connectivity index (χ1n) is 10.1. The molecule has 35 heavy (non-hydrogen) atoms. The van der Waals surface area contributed by atoms with Crippen molar-refractivity contribution in [2.75, 3.05) is 11.9 Å². The van der Waals surface area contributed by atoms with Gasteiger partial charge in [-0.15, -0.1) is 0 Å².